The number of aromatic nitrogens is 2. The number of nitrogens with one attached hydrogen (secondary N) is 1. The maximum absolute atomic E-state index is 11.8. The number of aromatic amines is 1. The van der Waals surface area contributed by atoms with Crippen LogP contribution < -0.4 is 11.2 Å². The highest BCUT2D eigenvalue weighted by molar-refractivity contribution is 7.65. The van der Waals surface area contributed by atoms with Gasteiger partial charge in [0, 0.05) is 19.4 Å². The normalized spacial score (nSPS) is 15.1. The Morgan fingerprint density at radius 3 is 2.64 bits per heavy atom. The molecule has 0 aromatic carbocycles. The van der Waals surface area contributed by atoms with E-state index in [9.17, 15) is 19.3 Å². The van der Waals surface area contributed by atoms with Crippen LogP contribution >= 0.6 is 7.14 Å². The number of hydrogen-bond donors (Lipinski definition) is 2. The summed E-state index contributed by atoms with van der Waals surface area (Å²) in [5, 5.41) is 9.35. The largest absolute Gasteiger partial charge is 0.393 e. The second kappa shape index (κ2) is 8.24. The van der Waals surface area contributed by atoms with E-state index in [0.717, 1.165) is 4.57 Å². The molecule has 8 nitrogen and oxygen atoms in total. The number of ether oxygens (including phenoxy) is 2. The summed E-state index contributed by atoms with van der Waals surface area (Å²) in [5.41, 5.74) is -1.17. The monoisotopic (exact) mass is 332 g/mol. The minimum absolute atomic E-state index is 0.0339. The van der Waals surface area contributed by atoms with E-state index < -0.39 is 30.7 Å². The standard InChI is InChI=1S/C13H21N2O6P/c1-20-9-12(15-6-4-11(17)14-13(15)18)21-10(8-16)5-7-22(2,3)19/h4-7,10,12,16H,8-9H2,1-3H3,(H,14,17,18)/b7-5+/t10-,12-/m1/s1. The van der Waals surface area contributed by atoms with Crippen LogP contribution in [0.25, 0.3) is 0 Å². The molecule has 1 heterocycles. The lowest BCUT2D eigenvalue weighted by atomic mass is 10.3. The molecule has 124 valence electrons. The predicted molar refractivity (Wildman–Crippen MR) is 82.8 cm³/mol. The molecule has 0 bridgehead atoms. The topological polar surface area (TPSA) is 111 Å². The lowest BCUT2D eigenvalue weighted by Gasteiger charge is -2.23. The van der Waals surface area contributed by atoms with Gasteiger partial charge in [0.15, 0.2) is 6.23 Å². The molecule has 0 radical (unpaired) electrons. The first kappa shape index (κ1) is 18.6. The van der Waals surface area contributed by atoms with Crippen molar-refractivity contribution in [2.24, 2.45) is 0 Å². The van der Waals surface area contributed by atoms with Gasteiger partial charge in [-0.1, -0.05) is 6.08 Å². The molecule has 0 aliphatic carbocycles. The molecule has 0 aliphatic heterocycles. The number of methoxy groups -OCH3 is 1. The molecule has 1 aromatic rings. The fourth-order valence-corrected chi connectivity index (χ4v) is 2.24. The Bertz CT molecular complexity index is 659. The highest BCUT2D eigenvalue weighted by Crippen LogP contribution is 2.37. The average Bonchev–Trinajstić information content (AvgIpc) is 2.41. The smallest absolute Gasteiger partial charge is 0.330 e. The number of hydrogen-bond acceptors (Lipinski definition) is 6. The van der Waals surface area contributed by atoms with Crippen LogP contribution in [-0.2, 0) is 14.0 Å². The van der Waals surface area contributed by atoms with Crippen molar-refractivity contribution >= 4 is 7.14 Å². The Kier molecular flexibility index (Phi) is 6.96. The van der Waals surface area contributed by atoms with Gasteiger partial charge in [-0.2, -0.15) is 0 Å². The van der Waals surface area contributed by atoms with Crippen LogP contribution in [-0.4, -0.2) is 54.4 Å². The van der Waals surface area contributed by atoms with Crippen LogP contribution in [0.15, 0.2) is 33.7 Å². The molecule has 2 N–H and O–H groups in total. The highest BCUT2D eigenvalue weighted by atomic mass is 31.2. The third-order valence-corrected chi connectivity index (χ3v) is 3.53. The van der Waals surface area contributed by atoms with Crippen molar-refractivity contribution in [2.75, 3.05) is 33.7 Å². The van der Waals surface area contributed by atoms with Gasteiger partial charge in [0.1, 0.15) is 13.2 Å². The van der Waals surface area contributed by atoms with E-state index in [-0.39, 0.29) is 13.2 Å². The fourth-order valence-electron chi connectivity index (χ4n) is 1.64. The zero-order valence-electron chi connectivity index (χ0n) is 12.8. The lowest BCUT2D eigenvalue weighted by Crippen LogP contribution is -2.36. The Labute approximate surface area is 127 Å². The van der Waals surface area contributed by atoms with Crippen molar-refractivity contribution in [1.82, 2.24) is 9.55 Å². The molecule has 1 aromatic heterocycles. The van der Waals surface area contributed by atoms with Gasteiger partial charge in [0.2, 0.25) is 0 Å². The highest BCUT2D eigenvalue weighted by Gasteiger charge is 2.18. The van der Waals surface area contributed by atoms with Gasteiger partial charge in [-0.25, -0.2) is 4.79 Å². The molecule has 2 atom stereocenters. The zero-order valence-corrected chi connectivity index (χ0v) is 13.7. The first-order valence-corrected chi connectivity index (χ1v) is 9.24. The quantitative estimate of drug-likeness (QED) is 0.658. The molecule has 22 heavy (non-hydrogen) atoms. The van der Waals surface area contributed by atoms with Crippen LogP contribution in [0.4, 0.5) is 0 Å². The Morgan fingerprint density at radius 1 is 1.45 bits per heavy atom. The summed E-state index contributed by atoms with van der Waals surface area (Å²) in [7, 11) is -0.965. The molecule has 0 spiro atoms. The summed E-state index contributed by atoms with van der Waals surface area (Å²) >= 11 is 0. The number of rotatable bonds is 8. The number of aliphatic hydroxyl groups is 1. The molecule has 1 rings (SSSR count). The molecule has 9 heteroatoms. The van der Waals surface area contributed by atoms with Crippen LogP contribution in [0.2, 0.25) is 0 Å². The third-order valence-electron chi connectivity index (χ3n) is 2.64. The third kappa shape index (κ3) is 6.11. The van der Waals surface area contributed by atoms with E-state index in [0.29, 0.717) is 0 Å². The molecular weight excluding hydrogens is 311 g/mol. The SMILES string of the molecule is COC[C@@H](O[C@H](/C=C/P(C)(C)=O)CO)n1ccc(=O)[nH]c1=O. The van der Waals surface area contributed by atoms with E-state index in [4.69, 9.17) is 9.47 Å². The van der Waals surface area contributed by atoms with Crippen molar-refractivity contribution < 1.29 is 19.1 Å². The molecule has 0 aliphatic rings. The minimum atomic E-state index is -2.40. The van der Waals surface area contributed by atoms with E-state index in [1.54, 1.807) is 13.3 Å². The Hall–Kier alpha value is -1.47. The molecule has 0 saturated heterocycles. The van der Waals surface area contributed by atoms with Gasteiger partial charge in [0.25, 0.3) is 5.56 Å². The van der Waals surface area contributed by atoms with Crippen LogP contribution in [0.5, 0.6) is 0 Å². The van der Waals surface area contributed by atoms with E-state index in [2.05, 4.69) is 4.98 Å². The van der Waals surface area contributed by atoms with Gasteiger partial charge < -0.3 is 19.1 Å². The van der Waals surface area contributed by atoms with Crippen LogP contribution in [0.3, 0.4) is 0 Å². The first-order valence-electron chi connectivity index (χ1n) is 6.57. The van der Waals surface area contributed by atoms with Crippen molar-refractivity contribution in [3.63, 3.8) is 0 Å². The van der Waals surface area contributed by atoms with Crippen molar-refractivity contribution in [3.8, 4) is 0 Å². The summed E-state index contributed by atoms with van der Waals surface area (Å²) in [6.07, 6.45) is 1.17. The second-order valence-electron chi connectivity index (χ2n) is 5.06. The number of nitrogens with zero attached hydrogens (tertiary/aromatic N) is 1. The molecular formula is C13H21N2O6P. The summed E-state index contributed by atoms with van der Waals surface area (Å²) in [5.74, 6) is 1.48. The molecule has 0 unspecified atom stereocenters. The van der Waals surface area contributed by atoms with E-state index in [1.807, 2.05) is 0 Å². The summed E-state index contributed by atoms with van der Waals surface area (Å²) in [6, 6.07) is 1.18. The van der Waals surface area contributed by atoms with Crippen molar-refractivity contribution in [1.29, 1.82) is 0 Å². The second-order valence-corrected chi connectivity index (χ2v) is 8.23. The van der Waals surface area contributed by atoms with E-state index >= 15 is 0 Å². The Morgan fingerprint density at radius 2 is 2.14 bits per heavy atom. The first-order chi connectivity index (χ1) is 10.3. The van der Waals surface area contributed by atoms with Gasteiger partial charge in [-0.05, 0) is 19.1 Å². The lowest BCUT2D eigenvalue weighted by molar-refractivity contribution is -0.0873. The average molecular weight is 332 g/mol. The van der Waals surface area contributed by atoms with Crippen molar-refractivity contribution in [2.45, 2.75) is 12.3 Å². The summed E-state index contributed by atoms with van der Waals surface area (Å²) in [6.45, 7) is 2.84. The number of H-pyrrole nitrogens is 1. The van der Waals surface area contributed by atoms with Crippen LogP contribution in [0, 0.1) is 0 Å². The fraction of sp³-hybridized carbons (Fsp3) is 0.538. The molecule has 0 amide bonds. The predicted octanol–water partition coefficient (Wildman–Crippen LogP) is 0.195. The van der Waals surface area contributed by atoms with Gasteiger partial charge >= 0.3 is 5.69 Å². The van der Waals surface area contributed by atoms with Gasteiger partial charge in [-0.3, -0.25) is 14.3 Å². The van der Waals surface area contributed by atoms with Crippen molar-refractivity contribution in [3.05, 3.63) is 45.0 Å². The maximum atomic E-state index is 11.8. The maximum Gasteiger partial charge on any atom is 0.330 e. The minimum Gasteiger partial charge on any atom is -0.393 e. The van der Waals surface area contributed by atoms with Crippen LogP contribution in [0.1, 0.15) is 6.23 Å². The molecule has 0 saturated carbocycles. The number of aliphatic hydroxyl groups excluding tert-OH is 1. The van der Waals surface area contributed by atoms with Gasteiger partial charge in [-0.15, -0.1) is 0 Å². The molecule has 0 fully saturated rings. The summed E-state index contributed by atoms with van der Waals surface area (Å²) < 4.78 is 23.4. The summed E-state index contributed by atoms with van der Waals surface area (Å²) in [4.78, 5) is 25.0. The Balaban J connectivity index is 3.00. The zero-order chi connectivity index (χ0) is 16.8. The van der Waals surface area contributed by atoms with E-state index in [1.165, 1.54) is 31.3 Å². The van der Waals surface area contributed by atoms with Gasteiger partial charge in [0.05, 0.1) is 13.2 Å².